The number of carboxylic acid groups (broad SMARTS) is 1. The zero-order valence-electron chi connectivity index (χ0n) is 12.1. The Morgan fingerprint density at radius 3 is 2.65 bits per heavy atom. The molecule has 0 spiro atoms. The summed E-state index contributed by atoms with van der Waals surface area (Å²) in [6.07, 6.45) is -0.00455. The van der Waals surface area contributed by atoms with Crippen LogP contribution in [0.2, 0.25) is 0 Å². The highest BCUT2D eigenvalue weighted by molar-refractivity contribution is 8.00. The van der Waals surface area contributed by atoms with Crippen molar-refractivity contribution in [2.75, 3.05) is 7.11 Å². The van der Waals surface area contributed by atoms with Crippen LogP contribution < -0.4 is 4.74 Å². The SMILES string of the molecule is COc1ccc2[nH]c(CC(=O)O)c(SC(C)(C)C)c2c1. The minimum atomic E-state index is -0.834. The molecule has 2 aromatic rings. The number of aliphatic carboxylic acids is 1. The maximum atomic E-state index is 11.0. The molecule has 20 heavy (non-hydrogen) atoms. The molecular formula is C15H19NO3S. The van der Waals surface area contributed by atoms with Gasteiger partial charge in [0.25, 0.3) is 0 Å². The van der Waals surface area contributed by atoms with Crippen LogP contribution in [0, 0.1) is 0 Å². The molecule has 0 fully saturated rings. The molecule has 1 aromatic carbocycles. The van der Waals surface area contributed by atoms with Crippen molar-refractivity contribution in [2.45, 2.75) is 36.8 Å². The number of ether oxygens (including phenoxy) is 1. The zero-order chi connectivity index (χ0) is 14.9. The number of carboxylic acids is 1. The number of benzene rings is 1. The van der Waals surface area contributed by atoms with E-state index in [1.165, 1.54) is 0 Å². The molecule has 5 heteroatoms. The van der Waals surface area contributed by atoms with Gasteiger partial charge in [0.05, 0.1) is 13.5 Å². The average molecular weight is 293 g/mol. The first-order valence-electron chi connectivity index (χ1n) is 6.39. The molecule has 1 heterocycles. The van der Waals surface area contributed by atoms with E-state index in [9.17, 15) is 4.79 Å². The molecule has 0 saturated carbocycles. The lowest BCUT2D eigenvalue weighted by Gasteiger charge is -2.18. The normalized spacial score (nSPS) is 11.8. The molecule has 0 aliphatic carbocycles. The third kappa shape index (κ3) is 3.28. The molecule has 0 atom stereocenters. The Balaban J connectivity index is 2.59. The molecule has 0 unspecified atom stereocenters. The zero-order valence-corrected chi connectivity index (χ0v) is 12.9. The van der Waals surface area contributed by atoms with Gasteiger partial charge in [-0.1, -0.05) is 20.8 Å². The number of fused-ring (bicyclic) bond motifs is 1. The number of H-pyrrole nitrogens is 1. The highest BCUT2D eigenvalue weighted by atomic mass is 32.2. The van der Waals surface area contributed by atoms with Gasteiger partial charge in [-0.15, -0.1) is 11.8 Å². The van der Waals surface area contributed by atoms with Crippen molar-refractivity contribution in [1.82, 2.24) is 4.98 Å². The highest BCUT2D eigenvalue weighted by Gasteiger charge is 2.21. The van der Waals surface area contributed by atoms with Gasteiger partial charge in [-0.05, 0) is 18.2 Å². The van der Waals surface area contributed by atoms with Crippen LogP contribution in [0.25, 0.3) is 10.9 Å². The van der Waals surface area contributed by atoms with Crippen LogP contribution in [0.15, 0.2) is 23.1 Å². The second-order valence-corrected chi connectivity index (χ2v) is 7.47. The number of aromatic amines is 1. The predicted octanol–water partition coefficient (Wildman–Crippen LogP) is 3.69. The van der Waals surface area contributed by atoms with Crippen molar-refractivity contribution in [1.29, 1.82) is 0 Å². The maximum Gasteiger partial charge on any atom is 0.309 e. The second kappa shape index (κ2) is 5.40. The Labute approximate surface area is 122 Å². The van der Waals surface area contributed by atoms with E-state index in [4.69, 9.17) is 9.84 Å². The molecule has 0 amide bonds. The Morgan fingerprint density at radius 2 is 2.10 bits per heavy atom. The van der Waals surface area contributed by atoms with E-state index < -0.39 is 5.97 Å². The topological polar surface area (TPSA) is 62.3 Å². The maximum absolute atomic E-state index is 11.0. The minimum Gasteiger partial charge on any atom is -0.497 e. The van der Waals surface area contributed by atoms with E-state index in [0.717, 1.165) is 27.2 Å². The molecule has 0 radical (unpaired) electrons. The lowest BCUT2D eigenvalue weighted by Crippen LogP contribution is -2.08. The average Bonchev–Trinajstić information content (AvgIpc) is 2.64. The molecule has 2 N–H and O–H groups in total. The number of methoxy groups -OCH3 is 1. The summed E-state index contributed by atoms with van der Waals surface area (Å²) in [5.74, 6) is -0.0617. The molecule has 0 saturated heterocycles. The van der Waals surface area contributed by atoms with Gasteiger partial charge >= 0.3 is 5.97 Å². The van der Waals surface area contributed by atoms with Crippen molar-refractivity contribution in [2.24, 2.45) is 0 Å². The highest BCUT2D eigenvalue weighted by Crippen LogP contribution is 2.40. The standard InChI is InChI=1S/C15H19NO3S/c1-15(2,3)20-14-10-7-9(19-4)5-6-11(10)16-12(14)8-13(17)18/h5-7,16H,8H2,1-4H3,(H,17,18). The third-order valence-corrected chi connectivity index (χ3v) is 4.05. The first kappa shape index (κ1) is 14.8. The van der Waals surface area contributed by atoms with Gasteiger partial charge in [0, 0.05) is 26.2 Å². The van der Waals surface area contributed by atoms with Crippen molar-refractivity contribution in [3.05, 3.63) is 23.9 Å². The number of thioether (sulfide) groups is 1. The lowest BCUT2D eigenvalue weighted by molar-refractivity contribution is -0.136. The molecule has 108 valence electrons. The summed E-state index contributed by atoms with van der Waals surface area (Å²) in [5, 5.41) is 10.1. The quantitative estimate of drug-likeness (QED) is 0.844. The van der Waals surface area contributed by atoms with Crippen LogP contribution in [0.5, 0.6) is 5.75 Å². The van der Waals surface area contributed by atoms with Crippen LogP contribution in [0.1, 0.15) is 26.5 Å². The van der Waals surface area contributed by atoms with E-state index in [-0.39, 0.29) is 11.2 Å². The molecule has 0 aliphatic heterocycles. The van der Waals surface area contributed by atoms with Crippen molar-refractivity contribution in [3.8, 4) is 5.75 Å². The summed E-state index contributed by atoms with van der Waals surface area (Å²) in [7, 11) is 1.63. The first-order chi connectivity index (χ1) is 9.30. The number of nitrogens with one attached hydrogen (secondary N) is 1. The van der Waals surface area contributed by atoms with E-state index in [2.05, 4.69) is 25.8 Å². The number of aromatic nitrogens is 1. The van der Waals surface area contributed by atoms with Gasteiger partial charge in [-0.25, -0.2) is 0 Å². The molecule has 0 aliphatic rings. The Hall–Kier alpha value is -1.62. The minimum absolute atomic E-state index is 0.00455. The van der Waals surface area contributed by atoms with Crippen molar-refractivity contribution < 1.29 is 14.6 Å². The summed E-state index contributed by atoms with van der Waals surface area (Å²) in [6.45, 7) is 6.34. The van der Waals surface area contributed by atoms with Crippen LogP contribution in [-0.2, 0) is 11.2 Å². The Kier molecular flexibility index (Phi) is 3.99. The van der Waals surface area contributed by atoms with Crippen LogP contribution >= 0.6 is 11.8 Å². The third-order valence-electron chi connectivity index (χ3n) is 2.77. The molecular weight excluding hydrogens is 274 g/mol. The summed E-state index contributed by atoms with van der Waals surface area (Å²) in [5.41, 5.74) is 1.69. The lowest BCUT2D eigenvalue weighted by atomic mass is 10.2. The first-order valence-corrected chi connectivity index (χ1v) is 7.21. The van der Waals surface area contributed by atoms with E-state index in [1.807, 2.05) is 18.2 Å². The summed E-state index contributed by atoms with van der Waals surface area (Å²) in [6, 6.07) is 5.74. The van der Waals surface area contributed by atoms with Crippen molar-refractivity contribution >= 4 is 28.6 Å². The van der Waals surface area contributed by atoms with Crippen LogP contribution in [0.4, 0.5) is 0 Å². The fraction of sp³-hybridized carbons (Fsp3) is 0.400. The largest absolute Gasteiger partial charge is 0.497 e. The summed E-state index contributed by atoms with van der Waals surface area (Å²) >= 11 is 1.67. The van der Waals surface area contributed by atoms with E-state index in [0.29, 0.717) is 0 Å². The molecule has 1 aromatic heterocycles. The van der Waals surface area contributed by atoms with Gasteiger partial charge in [0.15, 0.2) is 0 Å². The van der Waals surface area contributed by atoms with Gasteiger partial charge in [-0.2, -0.15) is 0 Å². The Bertz CT molecular complexity index is 640. The van der Waals surface area contributed by atoms with E-state index in [1.54, 1.807) is 18.9 Å². The smallest absolute Gasteiger partial charge is 0.309 e. The van der Waals surface area contributed by atoms with Gasteiger partial charge in [0.1, 0.15) is 5.75 Å². The fourth-order valence-corrected chi connectivity index (χ4v) is 3.17. The number of rotatable bonds is 4. The van der Waals surface area contributed by atoms with Crippen LogP contribution in [-0.4, -0.2) is 27.9 Å². The van der Waals surface area contributed by atoms with Crippen molar-refractivity contribution in [3.63, 3.8) is 0 Å². The number of carbonyl (C=O) groups is 1. The van der Waals surface area contributed by atoms with Gasteiger partial charge in [-0.3, -0.25) is 4.79 Å². The molecule has 2 rings (SSSR count). The van der Waals surface area contributed by atoms with Crippen LogP contribution in [0.3, 0.4) is 0 Å². The Morgan fingerprint density at radius 1 is 1.40 bits per heavy atom. The predicted molar refractivity (Wildman–Crippen MR) is 81.8 cm³/mol. The molecule has 0 bridgehead atoms. The second-order valence-electron chi connectivity index (χ2n) is 5.63. The monoisotopic (exact) mass is 293 g/mol. The number of hydrogen-bond acceptors (Lipinski definition) is 3. The number of hydrogen-bond donors (Lipinski definition) is 2. The van der Waals surface area contributed by atoms with E-state index >= 15 is 0 Å². The van der Waals surface area contributed by atoms with Gasteiger partial charge in [0.2, 0.25) is 0 Å². The van der Waals surface area contributed by atoms with Gasteiger partial charge < -0.3 is 14.8 Å². The molecule has 4 nitrogen and oxygen atoms in total. The summed E-state index contributed by atoms with van der Waals surface area (Å²) < 4.78 is 5.26. The fourth-order valence-electron chi connectivity index (χ4n) is 2.03. The summed E-state index contributed by atoms with van der Waals surface area (Å²) in [4.78, 5) is 15.2.